The van der Waals surface area contributed by atoms with Gasteiger partial charge in [0.15, 0.2) is 0 Å². The first kappa shape index (κ1) is 31.7. The molecule has 0 N–H and O–H groups in total. The SMILES string of the molecule is CC(=Nc1c(C)cccc1Br)c1cccnc1.C[C-]=Nc1c(C)cccc1C.[Cl-].[Cl-].[Fe+3]. The third-order valence-corrected chi connectivity index (χ3v) is 4.85. The molecule has 0 bridgehead atoms. The van der Waals surface area contributed by atoms with Crippen molar-refractivity contribution < 1.29 is 41.9 Å². The Bertz CT molecular complexity index is 953. The molecule has 3 aromatic rings. The molecule has 0 amide bonds. The van der Waals surface area contributed by atoms with Crippen molar-refractivity contribution in [2.75, 3.05) is 0 Å². The molecule has 0 aliphatic rings. The van der Waals surface area contributed by atoms with Crippen LogP contribution in [0.4, 0.5) is 11.4 Å². The number of halogens is 3. The van der Waals surface area contributed by atoms with Crippen LogP contribution in [-0.4, -0.2) is 16.9 Å². The molecule has 0 unspecified atom stereocenters. The summed E-state index contributed by atoms with van der Waals surface area (Å²) in [5.74, 6) is 0. The summed E-state index contributed by atoms with van der Waals surface area (Å²) in [7, 11) is 0. The largest absolute Gasteiger partial charge is 3.00 e. The Morgan fingerprint density at radius 3 is 1.90 bits per heavy atom. The molecule has 0 aliphatic carbocycles. The fraction of sp³-hybridized carbons (Fsp3) is 0.208. The van der Waals surface area contributed by atoms with Crippen molar-refractivity contribution in [2.24, 2.45) is 9.98 Å². The molecule has 0 spiro atoms. The van der Waals surface area contributed by atoms with Gasteiger partial charge in [0.2, 0.25) is 0 Å². The van der Waals surface area contributed by atoms with Gasteiger partial charge in [-0.05, 0) is 47.5 Å². The molecule has 0 saturated heterocycles. The van der Waals surface area contributed by atoms with Crippen LogP contribution in [0.1, 0.15) is 36.1 Å². The number of rotatable bonds is 3. The summed E-state index contributed by atoms with van der Waals surface area (Å²) >= 11 is 3.53. The normalized spacial score (nSPS) is 10.2. The molecule has 1 aromatic heterocycles. The van der Waals surface area contributed by atoms with Crippen LogP contribution >= 0.6 is 15.9 Å². The van der Waals surface area contributed by atoms with E-state index in [4.69, 9.17) is 0 Å². The molecule has 165 valence electrons. The van der Waals surface area contributed by atoms with Crippen molar-refractivity contribution in [3.05, 3.63) is 87.7 Å². The predicted octanol–water partition coefficient (Wildman–Crippen LogP) is 1.20. The van der Waals surface area contributed by atoms with Crippen molar-refractivity contribution in [2.45, 2.75) is 34.6 Å². The molecule has 1 heterocycles. The van der Waals surface area contributed by atoms with Gasteiger partial charge in [-0.3, -0.25) is 9.98 Å². The van der Waals surface area contributed by atoms with Crippen LogP contribution in [0.15, 0.2) is 75.4 Å². The fourth-order valence-electron chi connectivity index (χ4n) is 2.67. The zero-order valence-electron chi connectivity index (χ0n) is 18.1. The maximum Gasteiger partial charge on any atom is 3.00 e. The summed E-state index contributed by atoms with van der Waals surface area (Å²) in [5, 5.41) is 0. The van der Waals surface area contributed by atoms with Crippen molar-refractivity contribution in [1.29, 1.82) is 0 Å². The maximum absolute atomic E-state index is 4.66. The Labute approximate surface area is 217 Å². The van der Waals surface area contributed by atoms with Gasteiger partial charge in [-0.1, -0.05) is 55.9 Å². The van der Waals surface area contributed by atoms with E-state index in [2.05, 4.69) is 76.1 Å². The van der Waals surface area contributed by atoms with E-state index in [9.17, 15) is 0 Å². The van der Waals surface area contributed by atoms with E-state index in [1.165, 1.54) is 11.1 Å². The number of hydrogen-bond acceptors (Lipinski definition) is 3. The molecule has 0 saturated carbocycles. The van der Waals surface area contributed by atoms with Gasteiger partial charge in [0.05, 0.1) is 5.69 Å². The molecule has 7 heteroatoms. The van der Waals surface area contributed by atoms with Gasteiger partial charge in [0, 0.05) is 28.1 Å². The second-order valence-electron chi connectivity index (χ2n) is 6.42. The van der Waals surface area contributed by atoms with Crippen LogP contribution in [0.25, 0.3) is 0 Å². The summed E-state index contributed by atoms with van der Waals surface area (Å²) < 4.78 is 1.01. The van der Waals surface area contributed by atoms with Gasteiger partial charge in [-0.25, -0.2) is 0 Å². The molecular weight excluding hydrogens is 537 g/mol. The van der Waals surface area contributed by atoms with E-state index >= 15 is 0 Å². The quantitative estimate of drug-likeness (QED) is 0.269. The first-order valence-electron chi connectivity index (χ1n) is 9.08. The molecule has 0 atom stereocenters. The minimum Gasteiger partial charge on any atom is -1.00 e. The number of nitrogens with zero attached hydrogens (tertiary/aromatic N) is 3. The molecule has 2 aromatic carbocycles. The molecule has 0 aliphatic heterocycles. The van der Waals surface area contributed by atoms with E-state index in [1.54, 1.807) is 6.20 Å². The molecule has 1 radical (unpaired) electrons. The number of benzene rings is 2. The number of aliphatic imine (C=N–C) groups is 2. The average Bonchev–Trinajstić information content (AvgIpc) is 2.69. The van der Waals surface area contributed by atoms with Crippen molar-refractivity contribution in [1.82, 2.24) is 4.98 Å². The Kier molecular flexibility index (Phi) is 16.5. The average molecular weight is 562 g/mol. The monoisotopic (exact) mass is 560 g/mol. The molecule has 0 fully saturated rings. The first-order chi connectivity index (χ1) is 13.4. The molecule has 3 rings (SSSR count). The van der Waals surface area contributed by atoms with E-state index in [-0.39, 0.29) is 41.9 Å². The van der Waals surface area contributed by atoms with E-state index in [0.717, 1.165) is 32.7 Å². The van der Waals surface area contributed by atoms with Gasteiger partial charge in [-0.15, -0.1) is 18.1 Å². The summed E-state index contributed by atoms with van der Waals surface area (Å²) in [6.45, 7) is 9.98. The summed E-state index contributed by atoms with van der Waals surface area (Å²) in [6, 6.07) is 16.2. The number of para-hydroxylation sites is 2. The smallest absolute Gasteiger partial charge is 1.00 e. The van der Waals surface area contributed by atoms with Crippen LogP contribution in [0, 0.1) is 20.8 Å². The zero-order chi connectivity index (χ0) is 20.5. The number of aromatic nitrogens is 1. The Morgan fingerprint density at radius 1 is 0.871 bits per heavy atom. The zero-order valence-corrected chi connectivity index (χ0v) is 22.3. The predicted molar refractivity (Wildman–Crippen MR) is 124 cm³/mol. The van der Waals surface area contributed by atoms with Gasteiger partial charge < -0.3 is 29.8 Å². The number of aryl methyl sites for hydroxylation is 3. The first-order valence-corrected chi connectivity index (χ1v) is 9.87. The van der Waals surface area contributed by atoms with Gasteiger partial charge in [-0.2, -0.15) is 6.21 Å². The summed E-state index contributed by atoms with van der Waals surface area (Å²) in [6.07, 6.45) is 6.38. The fourth-order valence-corrected chi connectivity index (χ4v) is 3.22. The van der Waals surface area contributed by atoms with Gasteiger partial charge >= 0.3 is 17.1 Å². The third-order valence-electron chi connectivity index (χ3n) is 4.21. The Balaban J connectivity index is 0. The third kappa shape index (κ3) is 9.67. The van der Waals surface area contributed by atoms with Gasteiger partial charge in [0.1, 0.15) is 0 Å². The second-order valence-corrected chi connectivity index (χ2v) is 7.27. The van der Waals surface area contributed by atoms with Gasteiger partial charge in [0.25, 0.3) is 0 Å². The van der Waals surface area contributed by atoms with Crippen molar-refractivity contribution >= 4 is 39.2 Å². The van der Waals surface area contributed by atoms with Crippen molar-refractivity contribution in [3.63, 3.8) is 0 Å². The second kappa shape index (κ2) is 16.2. The minimum atomic E-state index is 0. The Hall–Kier alpha value is -1.49. The van der Waals surface area contributed by atoms with Crippen LogP contribution in [0.2, 0.25) is 0 Å². The maximum atomic E-state index is 4.66. The van der Waals surface area contributed by atoms with Crippen LogP contribution in [0.5, 0.6) is 0 Å². The number of hydrogen-bond donors (Lipinski definition) is 0. The van der Waals surface area contributed by atoms with Crippen LogP contribution in [-0.2, 0) is 17.1 Å². The van der Waals surface area contributed by atoms with Crippen molar-refractivity contribution in [3.8, 4) is 0 Å². The topological polar surface area (TPSA) is 37.6 Å². The summed E-state index contributed by atoms with van der Waals surface area (Å²) in [4.78, 5) is 12.9. The van der Waals surface area contributed by atoms with Crippen LogP contribution < -0.4 is 24.8 Å². The molecule has 3 nitrogen and oxygen atoms in total. The standard InChI is InChI=1S/C14H13BrN2.C10H12N.2ClH.Fe/c1-10-5-3-7-13(15)14(10)17-11(2)12-6-4-8-16-9-12;1-4-11-10-8(2)6-5-7-9(10)3;;;/h3-9H,1-2H3;5-7H,1-3H3;2*1H;/q;-1;;;+3/p-2. The van der Waals surface area contributed by atoms with Crippen LogP contribution in [0.3, 0.4) is 0 Å². The minimum absolute atomic E-state index is 0. The molecule has 31 heavy (non-hydrogen) atoms. The molecular formula is C24H25BrCl2FeN3. The summed E-state index contributed by atoms with van der Waals surface area (Å²) in [5.41, 5.74) is 7.61. The Morgan fingerprint density at radius 2 is 1.42 bits per heavy atom. The van der Waals surface area contributed by atoms with E-state index in [0.29, 0.717) is 0 Å². The number of pyridine rings is 1. The van der Waals surface area contributed by atoms with E-state index in [1.807, 2.05) is 50.4 Å². The van der Waals surface area contributed by atoms with E-state index < -0.39 is 0 Å².